The Morgan fingerprint density at radius 1 is 0.943 bits per heavy atom. The summed E-state index contributed by atoms with van der Waals surface area (Å²) in [5.74, 6) is 3.46. The first-order valence-electron chi connectivity index (χ1n) is 11.8. The Labute approximate surface area is 202 Å². The van der Waals surface area contributed by atoms with Crippen LogP contribution in [0.3, 0.4) is 0 Å². The van der Waals surface area contributed by atoms with E-state index in [0.717, 1.165) is 48.3 Å². The first-order valence-corrected chi connectivity index (χ1v) is 11.8. The molecule has 0 fully saturated rings. The molecular weight excluding hydrogens is 446 g/mol. The lowest BCUT2D eigenvalue weighted by Gasteiger charge is -2.40. The number of methoxy groups -OCH3 is 2. The standard InChI is InChI=1S/C27H25N3O5/c1-31-24-13-20-19-11-23-18-12-27-26(34-30(35-27)33-17-6-4-3-5-7-17)10-16(18)8-9-29(23)15-22(19)28-21(20)14-25(24)32-2/h3-7,10,12-14,23,28H,8-9,11,15H2,1-2H3. The van der Waals surface area contributed by atoms with Crippen molar-refractivity contribution in [2.45, 2.75) is 25.4 Å². The summed E-state index contributed by atoms with van der Waals surface area (Å²) in [4.78, 5) is 23.5. The van der Waals surface area contributed by atoms with Crippen LogP contribution >= 0.6 is 0 Å². The number of aromatic nitrogens is 1. The second-order valence-electron chi connectivity index (χ2n) is 9.08. The van der Waals surface area contributed by atoms with E-state index in [-0.39, 0.29) is 6.04 Å². The van der Waals surface area contributed by atoms with E-state index in [1.54, 1.807) is 14.2 Å². The summed E-state index contributed by atoms with van der Waals surface area (Å²) in [6, 6.07) is 18.0. The zero-order valence-corrected chi connectivity index (χ0v) is 19.5. The average molecular weight is 472 g/mol. The Balaban J connectivity index is 1.21. The monoisotopic (exact) mass is 471 g/mol. The first kappa shape index (κ1) is 20.5. The van der Waals surface area contributed by atoms with Crippen LogP contribution < -0.4 is 24.0 Å². The fourth-order valence-electron chi connectivity index (χ4n) is 5.51. The topological polar surface area (TPSA) is 68.4 Å². The van der Waals surface area contributed by atoms with Crippen LogP contribution in [-0.4, -0.2) is 36.0 Å². The molecule has 1 aromatic heterocycles. The number of aromatic amines is 1. The highest BCUT2D eigenvalue weighted by atomic mass is 17.2. The Bertz CT molecular complexity index is 1430. The number of hydrogen-bond acceptors (Lipinski definition) is 7. The minimum Gasteiger partial charge on any atom is -0.493 e. The summed E-state index contributed by atoms with van der Waals surface area (Å²) in [6.07, 6.45) is 1.86. The van der Waals surface area contributed by atoms with E-state index < -0.39 is 0 Å². The molecule has 4 heterocycles. The Morgan fingerprint density at radius 2 is 1.71 bits per heavy atom. The molecule has 0 spiro atoms. The summed E-state index contributed by atoms with van der Waals surface area (Å²) in [5, 5.41) is 2.26. The third-order valence-corrected chi connectivity index (χ3v) is 7.20. The SMILES string of the molecule is COc1cc2[nH]c3c(c2cc1OC)CC1c2cc4c(cc2CCN1C3)ON(Oc1ccccc1)O4. The van der Waals surface area contributed by atoms with E-state index >= 15 is 0 Å². The maximum absolute atomic E-state index is 5.87. The number of H-pyrrole nitrogens is 1. The molecule has 8 nitrogen and oxygen atoms in total. The van der Waals surface area contributed by atoms with Crippen LogP contribution in [0.15, 0.2) is 54.6 Å². The zero-order chi connectivity index (χ0) is 23.5. The van der Waals surface area contributed by atoms with Gasteiger partial charge in [0.1, 0.15) is 0 Å². The van der Waals surface area contributed by atoms with Crippen LogP contribution in [0.25, 0.3) is 10.9 Å². The van der Waals surface area contributed by atoms with Gasteiger partial charge in [0.2, 0.25) is 5.39 Å². The summed E-state index contributed by atoms with van der Waals surface area (Å²) in [7, 11) is 3.34. The molecule has 1 atom stereocenters. The molecule has 178 valence electrons. The molecule has 7 rings (SSSR count). The Kier molecular flexibility index (Phi) is 4.58. The van der Waals surface area contributed by atoms with Gasteiger partial charge in [-0.15, -0.1) is 0 Å². The van der Waals surface area contributed by atoms with Crippen LogP contribution in [0.2, 0.25) is 0 Å². The summed E-state index contributed by atoms with van der Waals surface area (Å²) in [5.41, 5.74) is 6.24. The van der Waals surface area contributed by atoms with Gasteiger partial charge in [0, 0.05) is 41.8 Å². The zero-order valence-electron chi connectivity index (χ0n) is 19.5. The summed E-state index contributed by atoms with van der Waals surface area (Å²) >= 11 is 0. The highest BCUT2D eigenvalue weighted by Gasteiger charge is 2.37. The van der Waals surface area contributed by atoms with Crippen molar-refractivity contribution >= 4 is 10.9 Å². The van der Waals surface area contributed by atoms with Gasteiger partial charge in [0.05, 0.1) is 14.2 Å². The maximum Gasteiger partial charge on any atom is 0.234 e. The van der Waals surface area contributed by atoms with Crippen molar-refractivity contribution in [3.05, 3.63) is 77.0 Å². The van der Waals surface area contributed by atoms with E-state index in [9.17, 15) is 0 Å². The molecule has 0 bridgehead atoms. The molecule has 1 unspecified atom stereocenters. The number of fused-ring (bicyclic) bond motifs is 7. The van der Waals surface area contributed by atoms with Gasteiger partial charge in [-0.05, 0) is 59.9 Å². The highest BCUT2D eigenvalue weighted by Crippen LogP contribution is 2.46. The molecule has 3 aliphatic heterocycles. The molecule has 0 radical (unpaired) electrons. The Hall–Kier alpha value is -3.88. The predicted molar refractivity (Wildman–Crippen MR) is 129 cm³/mol. The quantitative estimate of drug-likeness (QED) is 0.461. The van der Waals surface area contributed by atoms with E-state index in [1.165, 1.54) is 27.8 Å². The van der Waals surface area contributed by atoms with Crippen molar-refractivity contribution in [3.63, 3.8) is 0 Å². The lowest BCUT2D eigenvalue weighted by Crippen LogP contribution is -2.39. The van der Waals surface area contributed by atoms with Crippen molar-refractivity contribution in [1.29, 1.82) is 0 Å². The van der Waals surface area contributed by atoms with Gasteiger partial charge in [-0.2, -0.15) is 0 Å². The molecular formula is C27H25N3O5. The van der Waals surface area contributed by atoms with Crippen molar-refractivity contribution < 1.29 is 24.0 Å². The lowest BCUT2D eigenvalue weighted by atomic mass is 9.85. The highest BCUT2D eigenvalue weighted by molar-refractivity contribution is 5.88. The minimum atomic E-state index is 0.260. The number of para-hydroxylation sites is 1. The third kappa shape index (κ3) is 3.29. The van der Waals surface area contributed by atoms with Crippen molar-refractivity contribution in [2.24, 2.45) is 0 Å². The first-order chi connectivity index (χ1) is 17.2. The number of nitrogens with one attached hydrogen (secondary N) is 1. The molecule has 3 aliphatic rings. The fourth-order valence-corrected chi connectivity index (χ4v) is 5.51. The van der Waals surface area contributed by atoms with Crippen molar-refractivity contribution in [3.8, 4) is 28.7 Å². The number of benzene rings is 3. The van der Waals surface area contributed by atoms with Crippen LogP contribution in [0, 0.1) is 0 Å². The van der Waals surface area contributed by atoms with E-state index in [4.69, 9.17) is 24.0 Å². The second-order valence-corrected chi connectivity index (χ2v) is 9.08. The number of rotatable bonds is 4. The molecule has 35 heavy (non-hydrogen) atoms. The minimum absolute atomic E-state index is 0.260. The fraction of sp³-hybridized carbons (Fsp3) is 0.259. The molecule has 1 N–H and O–H groups in total. The normalized spacial score (nSPS) is 18.6. The van der Waals surface area contributed by atoms with Crippen molar-refractivity contribution in [2.75, 3.05) is 20.8 Å². The molecule has 0 amide bonds. The van der Waals surface area contributed by atoms with Crippen LogP contribution in [0.4, 0.5) is 0 Å². The van der Waals surface area contributed by atoms with E-state index in [2.05, 4.69) is 28.1 Å². The Morgan fingerprint density at radius 3 is 2.51 bits per heavy atom. The molecule has 0 saturated heterocycles. The van der Waals surface area contributed by atoms with Gasteiger partial charge < -0.3 is 29.0 Å². The van der Waals surface area contributed by atoms with E-state index in [1.807, 2.05) is 36.4 Å². The smallest absolute Gasteiger partial charge is 0.234 e. The largest absolute Gasteiger partial charge is 0.493 e. The number of ether oxygens (including phenoxy) is 2. The van der Waals surface area contributed by atoms with Crippen LogP contribution in [0.5, 0.6) is 28.7 Å². The second kappa shape index (κ2) is 7.83. The average Bonchev–Trinajstić information content (AvgIpc) is 3.44. The van der Waals surface area contributed by atoms with Crippen molar-refractivity contribution in [1.82, 2.24) is 15.3 Å². The summed E-state index contributed by atoms with van der Waals surface area (Å²) < 4.78 is 11.1. The molecule has 0 saturated carbocycles. The van der Waals surface area contributed by atoms with Crippen LogP contribution in [-0.2, 0) is 19.4 Å². The van der Waals surface area contributed by atoms with Gasteiger partial charge in [-0.3, -0.25) is 4.90 Å². The van der Waals surface area contributed by atoms with Gasteiger partial charge in [0.15, 0.2) is 28.7 Å². The lowest BCUT2D eigenvalue weighted by molar-refractivity contribution is -0.387. The number of hydrogen-bond donors (Lipinski definition) is 1. The predicted octanol–water partition coefficient (Wildman–Crippen LogP) is 4.74. The molecule has 8 heteroatoms. The molecule has 4 aromatic rings. The maximum atomic E-state index is 5.87. The molecule has 0 aliphatic carbocycles. The van der Waals surface area contributed by atoms with Gasteiger partial charge in [-0.25, -0.2) is 0 Å². The number of nitrogens with zero attached hydrogens (tertiary/aromatic N) is 2. The molecule has 3 aromatic carbocycles. The van der Waals surface area contributed by atoms with Gasteiger partial charge in [-0.1, -0.05) is 18.2 Å². The van der Waals surface area contributed by atoms with Gasteiger partial charge in [0.25, 0.3) is 0 Å². The third-order valence-electron chi connectivity index (χ3n) is 7.20. The van der Waals surface area contributed by atoms with E-state index in [0.29, 0.717) is 17.2 Å². The summed E-state index contributed by atoms with van der Waals surface area (Å²) in [6.45, 7) is 1.86. The van der Waals surface area contributed by atoms with Gasteiger partial charge >= 0.3 is 0 Å². The van der Waals surface area contributed by atoms with Crippen LogP contribution in [0.1, 0.15) is 28.4 Å².